The zero-order valence-corrected chi connectivity index (χ0v) is 19.9. The molecule has 0 atom stereocenters. The largest absolute Gasteiger partial charge is 0.432 e. The molecule has 37 heavy (non-hydrogen) atoms. The van der Waals surface area contributed by atoms with Gasteiger partial charge in [-0.2, -0.15) is 8.78 Å². The highest BCUT2D eigenvalue weighted by molar-refractivity contribution is 7.80. The third-order valence-corrected chi connectivity index (χ3v) is 6.72. The molecule has 0 saturated heterocycles. The summed E-state index contributed by atoms with van der Waals surface area (Å²) in [6.07, 6.45) is -4.66. The van der Waals surface area contributed by atoms with Gasteiger partial charge in [-0.3, -0.25) is 0 Å². The Hall–Kier alpha value is -3.57. The van der Waals surface area contributed by atoms with Crippen molar-refractivity contribution in [2.45, 2.75) is 11.0 Å². The molecule has 0 radical (unpaired) electrons. The summed E-state index contributed by atoms with van der Waals surface area (Å²) >= 11 is 5.74. The topological polar surface area (TPSA) is 22.1 Å². The third-order valence-electron chi connectivity index (χ3n) is 5.37. The van der Waals surface area contributed by atoms with E-state index in [4.69, 9.17) is 0 Å². The van der Waals surface area contributed by atoms with Gasteiger partial charge in [0.15, 0.2) is 17.5 Å². The first-order valence-electron chi connectivity index (χ1n) is 10.4. The summed E-state index contributed by atoms with van der Waals surface area (Å²) in [5.74, 6) is -9.97. The Labute approximate surface area is 214 Å². The van der Waals surface area contributed by atoms with Crippen molar-refractivity contribution in [2.24, 2.45) is 0 Å². The molecule has 1 aromatic heterocycles. The van der Waals surface area contributed by atoms with Crippen LogP contribution in [0.25, 0.3) is 31.9 Å². The van der Waals surface area contributed by atoms with Crippen molar-refractivity contribution < 1.29 is 35.5 Å². The average Bonchev–Trinajstić information content (AvgIpc) is 3.25. The lowest BCUT2D eigenvalue weighted by molar-refractivity contribution is -0.189. The van der Waals surface area contributed by atoms with Crippen LogP contribution in [-0.2, 0) is 6.11 Å². The van der Waals surface area contributed by atoms with Crippen LogP contribution in [0.15, 0.2) is 71.6 Å². The maximum absolute atomic E-state index is 14.7. The molecule has 0 spiro atoms. The number of fused-ring (bicyclic) bond motifs is 1. The fourth-order valence-corrected chi connectivity index (χ4v) is 4.95. The molecule has 4 aromatic carbocycles. The second kappa shape index (κ2) is 9.38. The molecule has 5 aromatic rings. The summed E-state index contributed by atoms with van der Waals surface area (Å²) in [4.78, 5) is 5.33. The molecule has 11 heteroatoms. The number of ether oxygens (including phenoxy) is 1. The van der Waals surface area contributed by atoms with Gasteiger partial charge in [0.2, 0.25) is 0 Å². The van der Waals surface area contributed by atoms with E-state index in [1.54, 1.807) is 24.3 Å². The molecule has 0 aliphatic heterocycles. The van der Waals surface area contributed by atoms with Crippen molar-refractivity contribution in [3.8, 4) is 27.4 Å². The summed E-state index contributed by atoms with van der Waals surface area (Å²) in [7, 11) is 0. The second-order valence-electron chi connectivity index (χ2n) is 7.88. The Balaban J connectivity index is 1.43. The number of halogens is 7. The lowest BCUT2D eigenvalue weighted by atomic mass is 10.0. The number of hydrogen-bond donors (Lipinski definition) is 1. The minimum absolute atomic E-state index is 0.0380. The van der Waals surface area contributed by atoms with Crippen LogP contribution in [0, 0.1) is 29.1 Å². The van der Waals surface area contributed by atoms with E-state index in [-0.39, 0.29) is 17.7 Å². The van der Waals surface area contributed by atoms with Crippen LogP contribution in [0.5, 0.6) is 5.75 Å². The fraction of sp³-hybridized carbons (Fsp3) is 0.0385. The quantitative estimate of drug-likeness (QED) is 0.134. The van der Waals surface area contributed by atoms with Crippen LogP contribution < -0.4 is 4.74 Å². The molecule has 188 valence electrons. The SMILES string of the molecule is Fc1cc(OC(F)(F)c2c(F)cc(-c3ccc(-c4nc5ccc(S)cc5s4)cc3)cc2F)cc(F)c1F. The van der Waals surface area contributed by atoms with Crippen LogP contribution in [-0.4, -0.2) is 4.98 Å². The Morgan fingerprint density at radius 3 is 1.92 bits per heavy atom. The van der Waals surface area contributed by atoms with Gasteiger partial charge in [0.1, 0.15) is 28.0 Å². The number of aromatic nitrogens is 1. The summed E-state index contributed by atoms with van der Waals surface area (Å²) in [5.41, 5.74) is 0.0524. The zero-order valence-electron chi connectivity index (χ0n) is 18.2. The minimum atomic E-state index is -4.66. The van der Waals surface area contributed by atoms with Gasteiger partial charge in [-0.1, -0.05) is 24.3 Å². The van der Waals surface area contributed by atoms with Crippen LogP contribution in [0.4, 0.5) is 30.7 Å². The average molecular weight is 552 g/mol. The molecule has 0 amide bonds. The van der Waals surface area contributed by atoms with E-state index in [0.29, 0.717) is 22.7 Å². The lowest BCUT2D eigenvalue weighted by Crippen LogP contribution is -2.25. The van der Waals surface area contributed by atoms with E-state index < -0.39 is 46.5 Å². The Morgan fingerprint density at radius 2 is 1.30 bits per heavy atom. The molecule has 5 rings (SSSR count). The number of alkyl halides is 2. The summed E-state index contributed by atoms with van der Waals surface area (Å²) < 4.78 is 103. The monoisotopic (exact) mass is 551 g/mol. The van der Waals surface area contributed by atoms with Crippen LogP contribution >= 0.6 is 24.0 Å². The predicted molar refractivity (Wildman–Crippen MR) is 128 cm³/mol. The number of hydrogen-bond acceptors (Lipinski definition) is 4. The second-order valence-corrected chi connectivity index (χ2v) is 9.43. The molecule has 0 aliphatic rings. The Kier molecular flexibility index (Phi) is 6.36. The van der Waals surface area contributed by atoms with Crippen molar-refractivity contribution in [1.82, 2.24) is 4.98 Å². The van der Waals surface area contributed by atoms with E-state index >= 15 is 0 Å². The van der Waals surface area contributed by atoms with E-state index in [0.717, 1.165) is 20.7 Å². The summed E-state index contributed by atoms with van der Waals surface area (Å²) in [6, 6.07) is 13.6. The molecule has 0 unspecified atom stereocenters. The summed E-state index contributed by atoms with van der Waals surface area (Å²) in [5, 5.41) is 0.707. The highest BCUT2D eigenvalue weighted by Gasteiger charge is 2.41. The third kappa shape index (κ3) is 4.88. The van der Waals surface area contributed by atoms with Crippen molar-refractivity contribution in [3.05, 3.63) is 101 Å². The fourth-order valence-electron chi connectivity index (χ4n) is 3.65. The first kappa shape index (κ1) is 25.1. The van der Waals surface area contributed by atoms with Gasteiger partial charge in [0.25, 0.3) is 0 Å². The van der Waals surface area contributed by atoms with Gasteiger partial charge >= 0.3 is 6.11 Å². The lowest BCUT2D eigenvalue weighted by Gasteiger charge is -2.20. The molecule has 0 N–H and O–H groups in total. The van der Waals surface area contributed by atoms with Gasteiger partial charge < -0.3 is 4.74 Å². The van der Waals surface area contributed by atoms with Crippen molar-refractivity contribution in [3.63, 3.8) is 0 Å². The molecule has 0 bridgehead atoms. The molecule has 0 saturated carbocycles. The number of rotatable bonds is 5. The molecule has 0 aliphatic carbocycles. The maximum Gasteiger partial charge on any atom is 0.432 e. The van der Waals surface area contributed by atoms with Crippen molar-refractivity contribution in [2.75, 3.05) is 0 Å². The van der Waals surface area contributed by atoms with E-state index in [9.17, 15) is 30.7 Å². The zero-order chi connectivity index (χ0) is 26.5. The number of nitrogens with zero attached hydrogens (tertiary/aromatic N) is 1. The van der Waals surface area contributed by atoms with E-state index in [1.807, 2.05) is 18.2 Å². The summed E-state index contributed by atoms with van der Waals surface area (Å²) in [6.45, 7) is 0. The standard InChI is InChI=1S/C26H12F7NOS2/c27-17-7-14(8-18(28)23(17)26(32,33)35-15-9-19(29)24(31)20(30)10-15)12-1-3-13(4-2-12)25-34-21-6-5-16(36)11-22(21)37-25/h1-11,36H. The van der Waals surface area contributed by atoms with Gasteiger partial charge in [-0.15, -0.1) is 24.0 Å². The van der Waals surface area contributed by atoms with Gasteiger partial charge in [0.05, 0.1) is 10.2 Å². The first-order chi connectivity index (χ1) is 17.5. The highest BCUT2D eigenvalue weighted by atomic mass is 32.1. The van der Waals surface area contributed by atoms with Crippen molar-refractivity contribution >= 4 is 34.2 Å². The molecule has 2 nitrogen and oxygen atoms in total. The Morgan fingerprint density at radius 1 is 0.703 bits per heavy atom. The van der Waals surface area contributed by atoms with Crippen LogP contribution in [0.1, 0.15) is 5.56 Å². The molecule has 0 fully saturated rings. The number of benzene rings is 4. The van der Waals surface area contributed by atoms with E-state index in [2.05, 4.69) is 22.3 Å². The maximum atomic E-state index is 14.7. The van der Waals surface area contributed by atoms with Crippen molar-refractivity contribution in [1.29, 1.82) is 0 Å². The minimum Gasteiger partial charge on any atom is -0.429 e. The Bertz CT molecular complexity index is 1610. The highest BCUT2D eigenvalue weighted by Crippen LogP contribution is 2.38. The first-order valence-corrected chi connectivity index (χ1v) is 11.7. The predicted octanol–water partition coefficient (Wildman–Crippen LogP) is 8.74. The normalized spacial score (nSPS) is 11.8. The smallest absolute Gasteiger partial charge is 0.429 e. The van der Waals surface area contributed by atoms with Crippen LogP contribution in [0.2, 0.25) is 0 Å². The molecule has 1 heterocycles. The number of thiol groups is 1. The number of thiazole rings is 1. The van der Waals surface area contributed by atoms with Gasteiger partial charge in [0, 0.05) is 22.6 Å². The molecular formula is C26H12F7NOS2. The molecular weight excluding hydrogens is 539 g/mol. The van der Waals surface area contributed by atoms with Gasteiger partial charge in [-0.25, -0.2) is 26.9 Å². The van der Waals surface area contributed by atoms with Gasteiger partial charge in [-0.05, 0) is 41.5 Å². The van der Waals surface area contributed by atoms with E-state index in [1.165, 1.54) is 11.3 Å². The van der Waals surface area contributed by atoms with Crippen LogP contribution in [0.3, 0.4) is 0 Å².